The highest BCUT2D eigenvalue weighted by Gasteiger charge is 2.15. The normalized spacial score (nSPS) is 22.2. The van der Waals surface area contributed by atoms with Crippen molar-refractivity contribution in [3.8, 4) is 0 Å². The Kier molecular flexibility index (Phi) is 7.77. The number of rotatable bonds is 6. The van der Waals surface area contributed by atoms with E-state index in [1.165, 1.54) is 56.3 Å². The van der Waals surface area contributed by atoms with Gasteiger partial charge >= 0.3 is 0 Å². The first kappa shape index (κ1) is 19.2. The molecule has 2 fully saturated rings. The Labute approximate surface area is 158 Å². The molecule has 0 spiro atoms. The van der Waals surface area contributed by atoms with E-state index in [0.717, 1.165) is 38.6 Å². The fraction of sp³-hybridized carbons (Fsp3) is 0.667. The summed E-state index contributed by atoms with van der Waals surface area (Å²) in [6, 6.07) is 8.93. The Morgan fingerprint density at radius 3 is 2.65 bits per heavy atom. The van der Waals surface area contributed by atoms with Crippen LogP contribution in [0.4, 0.5) is 0 Å². The molecule has 5 heteroatoms. The van der Waals surface area contributed by atoms with E-state index in [1.807, 2.05) is 7.05 Å². The maximum absolute atomic E-state index is 5.66. The molecule has 3 rings (SSSR count). The van der Waals surface area contributed by atoms with Crippen LogP contribution in [0.2, 0.25) is 0 Å². The zero-order valence-corrected chi connectivity index (χ0v) is 16.2. The number of nitrogens with zero attached hydrogens (tertiary/aromatic N) is 2. The first-order valence-electron chi connectivity index (χ1n) is 10.2. The maximum Gasteiger partial charge on any atom is 0.191 e. The molecule has 5 nitrogen and oxygen atoms in total. The van der Waals surface area contributed by atoms with Crippen molar-refractivity contribution in [2.45, 2.75) is 57.7 Å². The summed E-state index contributed by atoms with van der Waals surface area (Å²) < 4.78 is 5.66. The van der Waals surface area contributed by atoms with E-state index in [0.29, 0.717) is 6.10 Å². The monoisotopic (exact) mass is 358 g/mol. The summed E-state index contributed by atoms with van der Waals surface area (Å²) in [4.78, 5) is 6.92. The van der Waals surface area contributed by atoms with Gasteiger partial charge in [-0.15, -0.1) is 0 Å². The SMILES string of the molecule is CN=C(NCc1cccc(CN2CCCCCC2)c1)NCC1CCCO1. The van der Waals surface area contributed by atoms with Gasteiger partial charge in [0, 0.05) is 33.3 Å². The number of nitrogens with one attached hydrogen (secondary N) is 2. The topological polar surface area (TPSA) is 48.9 Å². The molecule has 2 aliphatic rings. The zero-order chi connectivity index (χ0) is 18.0. The third-order valence-corrected chi connectivity index (χ3v) is 5.30. The van der Waals surface area contributed by atoms with Crippen molar-refractivity contribution < 1.29 is 4.74 Å². The highest BCUT2D eigenvalue weighted by molar-refractivity contribution is 5.79. The summed E-state index contributed by atoms with van der Waals surface area (Å²) in [5.74, 6) is 0.846. The molecule has 144 valence electrons. The lowest BCUT2D eigenvalue weighted by molar-refractivity contribution is 0.114. The van der Waals surface area contributed by atoms with E-state index in [2.05, 4.69) is 44.8 Å². The van der Waals surface area contributed by atoms with Gasteiger partial charge in [-0.2, -0.15) is 0 Å². The van der Waals surface area contributed by atoms with Crippen LogP contribution >= 0.6 is 0 Å². The van der Waals surface area contributed by atoms with Crippen molar-refractivity contribution in [3.63, 3.8) is 0 Å². The summed E-state index contributed by atoms with van der Waals surface area (Å²) in [5, 5.41) is 6.79. The first-order chi connectivity index (χ1) is 12.8. The highest BCUT2D eigenvalue weighted by atomic mass is 16.5. The molecule has 0 aliphatic carbocycles. The number of guanidine groups is 1. The molecule has 0 aromatic heterocycles. The molecule has 2 aliphatic heterocycles. The van der Waals surface area contributed by atoms with Crippen molar-refractivity contribution >= 4 is 5.96 Å². The standard InChI is InChI=1S/C21H34N4O/c1-22-21(24-16-20-10-7-13-26-20)23-15-18-8-6-9-19(14-18)17-25-11-4-2-3-5-12-25/h6,8-9,14,20H,2-5,7,10-13,15-17H2,1H3,(H2,22,23,24). The Morgan fingerprint density at radius 1 is 1.12 bits per heavy atom. The molecule has 2 heterocycles. The van der Waals surface area contributed by atoms with Gasteiger partial charge in [0.05, 0.1) is 6.10 Å². The van der Waals surface area contributed by atoms with Crippen LogP contribution in [0.3, 0.4) is 0 Å². The second-order valence-corrected chi connectivity index (χ2v) is 7.45. The third-order valence-electron chi connectivity index (χ3n) is 5.30. The minimum absolute atomic E-state index is 0.325. The van der Waals surface area contributed by atoms with Crippen molar-refractivity contribution in [3.05, 3.63) is 35.4 Å². The van der Waals surface area contributed by atoms with Crippen LogP contribution in [-0.4, -0.2) is 50.3 Å². The van der Waals surface area contributed by atoms with Crippen LogP contribution in [0.15, 0.2) is 29.3 Å². The number of likely N-dealkylation sites (tertiary alicyclic amines) is 1. The van der Waals surface area contributed by atoms with E-state index >= 15 is 0 Å². The van der Waals surface area contributed by atoms with Gasteiger partial charge in [0.25, 0.3) is 0 Å². The van der Waals surface area contributed by atoms with Crippen LogP contribution in [-0.2, 0) is 17.8 Å². The molecule has 1 aromatic rings. The van der Waals surface area contributed by atoms with Gasteiger partial charge < -0.3 is 15.4 Å². The van der Waals surface area contributed by atoms with Crippen LogP contribution in [0.5, 0.6) is 0 Å². The van der Waals surface area contributed by atoms with Gasteiger partial charge in [0.1, 0.15) is 0 Å². The molecule has 0 amide bonds. The van der Waals surface area contributed by atoms with Gasteiger partial charge in [-0.25, -0.2) is 0 Å². The van der Waals surface area contributed by atoms with Crippen LogP contribution in [0, 0.1) is 0 Å². The Balaban J connectivity index is 1.46. The lowest BCUT2D eigenvalue weighted by Crippen LogP contribution is -2.40. The second kappa shape index (κ2) is 10.5. The Morgan fingerprint density at radius 2 is 1.92 bits per heavy atom. The van der Waals surface area contributed by atoms with Crippen molar-refractivity contribution in [1.82, 2.24) is 15.5 Å². The molecular formula is C21H34N4O. The van der Waals surface area contributed by atoms with Crippen LogP contribution < -0.4 is 10.6 Å². The van der Waals surface area contributed by atoms with Crippen LogP contribution in [0.25, 0.3) is 0 Å². The molecule has 1 unspecified atom stereocenters. The first-order valence-corrected chi connectivity index (χ1v) is 10.2. The molecular weight excluding hydrogens is 324 g/mol. The molecule has 1 aromatic carbocycles. The lowest BCUT2D eigenvalue weighted by atomic mass is 10.1. The number of hydrogen-bond acceptors (Lipinski definition) is 3. The number of ether oxygens (including phenoxy) is 1. The lowest BCUT2D eigenvalue weighted by Gasteiger charge is -2.20. The Bertz CT molecular complexity index is 561. The fourth-order valence-electron chi connectivity index (χ4n) is 3.81. The minimum Gasteiger partial charge on any atom is -0.376 e. The molecule has 26 heavy (non-hydrogen) atoms. The van der Waals surface area contributed by atoms with Gasteiger partial charge in [0.15, 0.2) is 5.96 Å². The molecule has 1 atom stereocenters. The summed E-state index contributed by atoms with van der Waals surface area (Å²) in [6.07, 6.45) is 8.09. The molecule has 0 radical (unpaired) electrons. The van der Waals surface area contributed by atoms with E-state index in [9.17, 15) is 0 Å². The third kappa shape index (κ3) is 6.29. The number of benzene rings is 1. The highest BCUT2D eigenvalue weighted by Crippen LogP contribution is 2.14. The van der Waals surface area contributed by atoms with E-state index < -0.39 is 0 Å². The smallest absolute Gasteiger partial charge is 0.191 e. The Hall–Kier alpha value is -1.59. The summed E-state index contributed by atoms with van der Waals surface area (Å²) in [7, 11) is 1.82. The summed E-state index contributed by atoms with van der Waals surface area (Å²) in [6.45, 7) is 6.06. The molecule has 0 saturated carbocycles. The van der Waals surface area contributed by atoms with Gasteiger partial charge in [-0.3, -0.25) is 9.89 Å². The maximum atomic E-state index is 5.66. The fourth-order valence-corrected chi connectivity index (χ4v) is 3.81. The quantitative estimate of drug-likeness (QED) is 0.606. The predicted molar refractivity (Wildman–Crippen MR) is 107 cm³/mol. The average molecular weight is 359 g/mol. The van der Waals surface area contributed by atoms with Crippen LogP contribution in [0.1, 0.15) is 49.7 Å². The summed E-state index contributed by atoms with van der Waals surface area (Å²) in [5.41, 5.74) is 2.71. The minimum atomic E-state index is 0.325. The molecule has 2 N–H and O–H groups in total. The predicted octanol–water partition coefficient (Wildman–Crippen LogP) is 2.91. The molecule has 2 saturated heterocycles. The van der Waals surface area contributed by atoms with Gasteiger partial charge in [-0.05, 0) is 49.9 Å². The molecule has 0 bridgehead atoms. The number of hydrogen-bond donors (Lipinski definition) is 2. The zero-order valence-electron chi connectivity index (χ0n) is 16.2. The van der Waals surface area contributed by atoms with Crippen molar-refractivity contribution in [2.24, 2.45) is 4.99 Å². The van der Waals surface area contributed by atoms with Crippen molar-refractivity contribution in [1.29, 1.82) is 0 Å². The largest absolute Gasteiger partial charge is 0.376 e. The van der Waals surface area contributed by atoms with E-state index in [1.54, 1.807) is 0 Å². The number of aliphatic imine (C=N–C) groups is 1. The second-order valence-electron chi connectivity index (χ2n) is 7.45. The van der Waals surface area contributed by atoms with Gasteiger partial charge in [-0.1, -0.05) is 37.1 Å². The van der Waals surface area contributed by atoms with E-state index in [-0.39, 0.29) is 0 Å². The summed E-state index contributed by atoms with van der Waals surface area (Å²) >= 11 is 0. The van der Waals surface area contributed by atoms with E-state index in [4.69, 9.17) is 4.74 Å². The van der Waals surface area contributed by atoms with Crippen molar-refractivity contribution in [2.75, 3.05) is 33.3 Å². The average Bonchev–Trinajstić information content (AvgIpc) is 3.06. The van der Waals surface area contributed by atoms with Gasteiger partial charge in [0.2, 0.25) is 0 Å².